The van der Waals surface area contributed by atoms with Crippen molar-refractivity contribution in [3.63, 3.8) is 0 Å². The summed E-state index contributed by atoms with van der Waals surface area (Å²) in [6, 6.07) is 14.1. The highest BCUT2D eigenvalue weighted by Gasteiger charge is 2.36. The van der Waals surface area contributed by atoms with Crippen LogP contribution in [0.1, 0.15) is 17.3 Å². The molecule has 7 nitrogen and oxygen atoms in total. The molecule has 1 amide bonds. The average Bonchev–Trinajstić information content (AvgIpc) is 2.78. The van der Waals surface area contributed by atoms with E-state index in [0.717, 1.165) is 10.4 Å². The Kier molecular flexibility index (Phi) is 6.09. The van der Waals surface area contributed by atoms with Gasteiger partial charge < -0.3 is 10.1 Å². The van der Waals surface area contributed by atoms with Gasteiger partial charge in [-0.15, -0.1) is 0 Å². The van der Waals surface area contributed by atoms with Crippen molar-refractivity contribution < 1.29 is 27.1 Å². The Morgan fingerprint density at radius 2 is 1.82 bits per heavy atom. The summed E-state index contributed by atoms with van der Waals surface area (Å²) in [6.45, 7) is 1.31. The molecule has 0 bridgehead atoms. The van der Waals surface area contributed by atoms with Crippen molar-refractivity contribution in [3.05, 3.63) is 77.1 Å². The number of hydrogen-bond donors (Lipinski definition) is 1. The van der Waals surface area contributed by atoms with Crippen molar-refractivity contribution >= 4 is 44.9 Å². The van der Waals surface area contributed by atoms with E-state index in [4.69, 9.17) is 16.3 Å². The fourth-order valence-corrected chi connectivity index (χ4v) is 5.43. The van der Waals surface area contributed by atoms with Gasteiger partial charge in [0.1, 0.15) is 12.4 Å². The summed E-state index contributed by atoms with van der Waals surface area (Å²) in [7, 11) is -4.07. The Labute approximate surface area is 194 Å². The highest BCUT2D eigenvalue weighted by molar-refractivity contribution is 7.93. The van der Waals surface area contributed by atoms with Crippen LogP contribution in [0.4, 0.5) is 15.8 Å². The maximum atomic E-state index is 13.9. The van der Waals surface area contributed by atoms with Crippen molar-refractivity contribution in [3.8, 4) is 11.1 Å². The smallest absolute Gasteiger partial charge is 0.338 e. The van der Waals surface area contributed by atoms with Gasteiger partial charge in [0, 0.05) is 11.1 Å². The molecule has 3 aromatic carbocycles. The van der Waals surface area contributed by atoms with Crippen LogP contribution in [0.15, 0.2) is 65.6 Å². The number of amides is 1. The fourth-order valence-electron chi connectivity index (χ4n) is 3.55. The van der Waals surface area contributed by atoms with Crippen LogP contribution in [-0.2, 0) is 19.6 Å². The van der Waals surface area contributed by atoms with Gasteiger partial charge in [-0.1, -0.05) is 29.8 Å². The van der Waals surface area contributed by atoms with Gasteiger partial charge in [-0.3, -0.25) is 9.10 Å². The molecule has 1 aliphatic heterocycles. The third-order valence-electron chi connectivity index (χ3n) is 5.01. The first-order chi connectivity index (χ1) is 15.7. The first kappa shape index (κ1) is 22.8. The zero-order valence-electron chi connectivity index (χ0n) is 17.3. The van der Waals surface area contributed by atoms with Gasteiger partial charge in [0.15, 0.2) is 0 Å². The van der Waals surface area contributed by atoms with E-state index >= 15 is 0 Å². The highest BCUT2D eigenvalue weighted by Crippen LogP contribution is 2.43. The van der Waals surface area contributed by atoms with Crippen LogP contribution < -0.4 is 9.62 Å². The zero-order chi connectivity index (χ0) is 23.8. The number of benzene rings is 3. The lowest BCUT2D eigenvalue weighted by atomic mass is 10.0. The summed E-state index contributed by atoms with van der Waals surface area (Å²) >= 11 is 6.19. The molecule has 0 fully saturated rings. The lowest BCUT2D eigenvalue weighted by molar-refractivity contribution is -0.114. The van der Waals surface area contributed by atoms with E-state index in [2.05, 4.69) is 5.32 Å². The number of sulfonamides is 1. The van der Waals surface area contributed by atoms with Gasteiger partial charge in [0.05, 0.1) is 33.5 Å². The van der Waals surface area contributed by atoms with E-state index in [9.17, 15) is 22.4 Å². The summed E-state index contributed by atoms with van der Waals surface area (Å²) in [4.78, 5) is 24.6. The Morgan fingerprint density at radius 3 is 2.55 bits per heavy atom. The van der Waals surface area contributed by atoms with Crippen molar-refractivity contribution in [1.82, 2.24) is 0 Å². The van der Waals surface area contributed by atoms with Gasteiger partial charge in [0.25, 0.3) is 10.0 Å². The zero-order valence-corrected chi connectivity index (χ0v) is 18.9. The Bertz CT molecular complexity index is 1380. The van der Waals surface area contributed by atoms with Crippen LogP contribution in [0, 0.1) is 5.82 Å². The lowest BCUT2D eigenvalue weighted by Gasteiger charge is -2.31. The van der Waals surface area contributed by atoms with E-state index in [0.29, 0.717) is 11.1 Å². The van der Waals surface area contributed by atoms with E-state index in [1.165, 1.54) is 36.4 Å². The van der Waals surface area contributed by atoms with Crippen molar-refractivity contribution in [2.75, 3.05) is 22.8 Å². The van der Waals surface area contributed by atoms with Crippen molar-refractivity contribution in [2.45, 2.75) is 11.8 Å². The second-order valence-corrected chi connectivity index (χ2v) is 9.37. The number of esters is 1. The van der Waals surface area contributed by atoms with Crippen LogP contribution in [0.2, 0.25) is 5.02 Å². The monoisotopic (exact) mass is 488 g/mol. The van der Waals surface area contributed by atoms with E-state index in [1.54, 1.807) is 25.1 Å². The molecule has 3 aromatic rings. The van der Waals surface area contributed by atoms with Gasteiger partial charge in [-0.2, -0.15) is 0 Å². The fraction of sp³-hybridized carbons (Fsp3) is 0.130. The van der Waals surface area contributed by atoms with Crippen LogP contribution >= 0.6 is 11.6 Å². The topological polar surface area (TPSA) is 92.8 Å². The quantitative estimate of drug-likeness (QED) is 0.535. The number of ether oxygens (including phenoxy) is 1. The van der Waals surface area contributed by atoms with Crippen molar-refractivity contribution in [1.29, 1.82) is 0 Å². The molecule has 10 heteroatoms. The molecule has 33 heavy (non-hydrogen) atoms. The number of anilines is 2. The second-order valence-electron chi connectivity index (χ2n) is 7.13. The molecule has 1 aliphatic rings. The summed E-state index contributed by atoms with van der Waals surface area (Å²) < 4.78 is 46.3. The molecule has 0 spiro atoms. The van der Waals surface area contributed by atoms with Gasteiger partial charge in [-0.05, 0) is 49.4 Å². The Hall–Kier alpha value is -3.43. The van der Waals surface area contributed by atoms with Gasteiger partial charge >= 0.3 is 5.97 Å². The first-order valence-electron chi connectivity index (χ1n) is 9.90. The molecule has 0 aliphatic carbocycles. The number of nitrogens with zero attached hydrogens (tertiary/aromatic N) is 1. The average molecular weight is 489 g/mol. The van der Waals surface area contributed by atoms with E-state index < -0.39 is 34.3 Å². The summed E-state index contributed by atoms with van der Waals surface area (Å²) in [5.74, 6) is -1.75. The number of carbonyl (C=O) groups is 2. The van der Waals surface area contributed by atoms with Crippen LogP contribution in [-0.4, -0.2) is 33.4 Å². The third-order valence-corrected chi connectivity index (χ3v) is 7.14. The van der Waals surface area contributed by atoms with Crippen LogP contribution in [0.25, 0.3) is 11.1 Å². The molecule has 0 aromatic heterocycles. The van der Waals surface area contributed by atoms with E-state index in [-0.39, 0.29) is 33.5 Å². The largest absolute Gasteiger partial charge is 0.462 e. The molecule has 4 rings (SSSR count). The summed E-state index contributed by atoms with van der Waals surface area (Å²) in [5, 5.41) is 2.64. The normalized spacial score (nSPS) is 13.6. The molecule has 0 saturated carbocycles. The van der Waals surface area contributed by atoms with Crippen molar-refractivity contribution in [2.24, 2.45) is 0 Å². The number of fused-ring (bicyclic) bond motifs is 3. The summed E-state index contributed by atoms with van der Waals surface area (Å²) in [6.07, 6.45) is 0. The molecule has 1 N–H and O–H groups in total. The molecular formula is C23H18ClFN2O5S. The predicted molar refractivity (Wildman–Crippen MR) is 122 cm³/mol. The molecule has 0 atom stereocenters. The number of nitrogens with one attached hydrogen (secondary N) is 1. The number of halogens is 2. The minimum atomic E-state index is -4.07. The second kappa shape index (κ2) is 8.84. The van der Waals surface area contributed by atoms with Gasteiger partial charge in [-0.25, -0.2) is 17.6 Å². The number of carbonyl (C=O) groups excluding carboxylic acids is 2. The third kappa shape index (κ3) is 4.29. The molecule has 0 radical (unpaired) electrons. The van der Waals surface area contributed by atoms with Gasteiger partial charge in [0.2, 0.25) is 5.91 Å². The number of hydrogen-bond acceptors (Lipinski definition) is 5. The SMILES string of the molecule is CCOC(=O)c1ccc(NC(=O)CN2c3ccc(F)cc3-c3ccccc3S2(=O)=O)c(Cl)c1. The predicted octanol–water partition coefficient (Wildman–Crippen LogP) is 4.47. The minimum Gasteiger partial charge on any atom is -0.462 e. The maximum Gasteiger partial charge on any atom is 0.338 e. The molecular weight excluding hydrogens is 471 g/mol. The first-order valence-corrected chi connectivity index (χ1v) is 11.7. The molecule has 1 heterocycles. The standard InChI is InChI=1S/C23H18ClFN2O5S/c1-2-32-23(29)14-7-9-19(18(24)11-14)26-22(28)13-27-20-10-8-15(25)12-17(20)16-5-3-4-6-21(16)33(27,30)31/h3-12H,2,13H2,1H3,(H,26,28). The van der Waals surface area contributed by atoms with Crippen LogP contribution in [0.5, 0.6) is 0 Å². The molecule has 0 unspecified atom stereocenters. The number of rotatable bonds is 5. The molecule has 170 valence electrons. The maximum absolute atomic E-state index is 13.9. The lowest BCUT2D eigenvalue weighted by Crippen LogP contribution is -2.40. The minimum absolute atomic E-state index is 0.0206. The Balaban J connectivity index is 1.63. The Morgan fingerprint density at radius 1 is 1.06 bits per heavy atom. The highest BCUT2D eigenvalue weighted by atomic mass is 35.5. The summed E-state index contributed by atoms with van der Waals surface area (Å²) in [5.41, 5.74) is 1.33. The van der Waals surface area contributed by atoms with E-state index in [1.807, 2.05) is 0 Å². The molecule has 0 saturated heterocycles. The van der Waals surface area contributed by atoms with Crippen LogP contribution in [0.3, 0.4) is 0 Å².